The smallest absolute Gasteiger partial charge is 0.277 e. The van der Waals surface area contributed by atoms with E-state index >= 15 is 0 Å². The van der Waals surface area contributed by atoms with Crippen molar-refractivity contribution in [3.8, 4) is 11.5 Å². The molecule has 23 heavy (non-hydrogen) atoms. The van der Waals surface area contributed by atoms with E-state index in [0.29, 0.717) is 16.9 Å². The van der Waals surface area contributed by atoms with Crippen molar-refractivity contribution in [1.82, 2.24) is 29.4 Å². The van der Waals surface area contributed by atoms with Crippen molar-refractivity contribution in [2.75, 3.05) is 0 Å². The summed E-state index contributed by atoms with van der Waals surface area (Å²) in [4.78, 5) is 4.55. The van der Waals surface area contributed by atoms with Crippen molar-refractivity contribution in [3.05, 3.63) is 48.7 Å². The van der Waals surface area contributed by atoms with Crippen molar-refractivity contribution in [3.63, 3.8) is 0 Å². The first-order valence-electron chi connectivity index (χ1n) is 7.23. The minimum absolute atomic E-state index is 0.488. The minimum Gasteiger partial charge on any atom is -0.411 e. The SMILES string of the molecule is CCn1cc(-c2nnc(SCc3cn4ccccc4n3)o2)cn1. The lowest BCUT2D eigenvalue weighted by molar-refractivity contribution is 0.465. The van der Waals surface area contributed by atoms with Gasteiger partial charge in [0.25, 0.3) is 11.1 Å². The molecule has 0 aliphatic carbocycles. The molecule has 0 spiro atoms. The van der Waals surface area contributed by atoms with Crippen LogP contribution < -0.4 is 0 Å². The van der Waals surface area contributed by atoms with Gasteiger partial charge >= 0.3 is 0 Å². The van der Waals surface area contributed by atoms with E-state index in [1.807, 2.05) is 52.8 Å². The maximum absolute atomic E-state index is 5.68. The maximum Gasteiger partial charge on any atom is 0.277 e. The number of hydrogen-bond donors (Lipinski definition) is 0. The number of thioether (sulfide) groups is 1. The second-order valence-corrected chi connectivity index (χ2v) is 5.87. The Labute approximate surface area is 136 Å². The molecule has 0 saturated heterocycles. The Hall–Kier alpha value is -2.61. The molecular formula is C15H14N6OS. The molecule has 0 amide bonds. The lowest BCUT2D eigenvalue weighted by Gasteiger charge is -1.91. The highest BCUT2D eigenvalue weighted by Gasteiger charge is 2.12. The summed E-state index contributed by atoms with van der Waals surface area (Å²) < 4.78 is 9.49. The zero-order valence-corrected chi connectivity index (χ0v) is 13.3. The molecule has 0 aliphatic rings. The third-order valence-electron chi connectivity index (χ3n) is 3.37. The molecule has 0 radical (unpaired) electrons. The van der Waals surface area contributed by atoms with Crippen LogP contribution in [0.4, 0.5) is 0 Å². The summed E-state index contributed by atoms with van der Waals surface area (Å²) in [5.74, 6) is 1.17. The van der Waals surface area contributed by atoms with E-state index in [-0.39, 0.29) is 0 Å². The maximum atomic E-state index is 5.68. The number of aryl methyl sites for hydroxylation is 1. The number of nitrogens with zero attached hydrogens (tertiary/aromatic N) is 6. The molecule has 4 rings (SSSR count). The monoisotopic (exact) mass is 326 g/mol. The molecule has 8 heteroatoms. The summed E-state index contributed by atoms with van der Waals surface area (Å²) in [5.41, 5.74) is 2.74. The summed E-state index contributed by atoms with van der Waals surface area (Å²) in [7, 11) is 0. The van der Waals surface area contributed by atoms with Crippen LogP contribution in [0.2, 0.25) is 0 Å². The average Bonchev–Trinajstić information content (AvgIpc) is 3.30. The van der Waals surface area contributed by atoms with Gasteiger partial charge in [-0.3, -0.25) is 4.68 Å². The van der Waals surface area contributed by atoms with Crippen LogP contribution in [0.1, 0.15) is 12.6 Å². The van der Waals surface area contributed by atoms with Gasteiger partial charge in [-0.2, -0.15) is 5.10 Å². The summed E-state index contributed by atoms with van der Waals surface area (Å²) in [6, 6.07) is 5.93. The van der Waals surface area contributed by atoms with Crippen molar-refractivity contribution in [2.24, 2.45) is 0 Å². The van der Waals surface area contributed by atoms with E-state index in [0.717, 1.165) is 23.4 Å². The largest absolute Gasteiger partial charge is 0.411 e. The minimum atomic E-state index is 0.488. The van der Waals surface area contributed by atoms with E-state index in [2.05, 4.69) is 20.3 Å². The van der Waals surface area contributed by atoms with Crippen LogP contribution >= 0.6 is 11.8 Å². The first kappa shape index (κ1) is 14.0. The molecular weight excluding hydrogens is 312 g/mol. The van der Waals surface area contributed by atoms with Crippen LogP contribution in [0.15, 0.2) is 52.6 Å². The van der Waals surface area contributed by atoms with Gasteiger partial charge in [-0.15, -0.1) is 10.2 Å². The molecule has 0 aromatic carbocycles. The van der Waals surface area contributed by atoms with Crippen LogP contribution in [-0.4, -0.2) is 29.4 Å². The molecule has 0 saturated carbocycles. The van der Waals surface area contributed by atoms with Crippen LogP contribution in [0.25, 0.3) is 17.1 Å². The number of hydrogen-bond acceptors (Lipinski definition) is 6. The summed E-state index contributed by atoms with van der Waals surface area (Å²) >= 11 is 1.47. The fourth-order valence-electron chi connectivity index (χ4n) is 2.22. The fraction of sp³-hybridized carbons (Fsp3) is 0.200. The Morgan fingerprint density at radius 3 is 3.00 bits per heavy atom. The number of fused-ring (bicyclic) bond motifs is 1. The lowest BCUT2D eigenvalue weighted by atomic mass is 10.4. The number of imidazole rings is 1. The van der Waals surface area contributed by atoms with Gasteiger partial charge < -0.3 is 8.82 Å². The highest BCUT2D eigenvalue weighted by atomic mass is 32.2. The Balaban J connectivity index is 1.47. The molecule has 4 aromatic rings. The van der Waals surface area contributed by atoms with Gasteiger partial charge in [-0.05, 0) is 19.1 Å². The van der Waals surface area contributed by atoms with Gasteiger partial charge in [-0.25, -0.2) is 4.98 Å². The number of aromatic nitrogens is 6. The van der Waals surface area contributed by atoms with Crippen molar-refractivity contribution in [1.29, 1.82) is 0 Å². The molecule has 4 aromatic heterocycles. The van der Waals surface area contributed by atoms with E-state index < -0.39 is 0 Å². The summed E-state index contributed by atoms with van der Waals surface area (Å²) in [6.07, 6.45) is 7.61. The van der Waals surface area contributed by atoms with Gasteiger partial charge in [0.2, 0.25) is 0 Å². The molecule has 0 unspecified atom stereocenters. The Morgan fingerprint density at radius 1 is 1.22 bits per heavy atom. The van der Waals surface area contributed by atoms with Gasteiger partial charge in [0.05, 0.1) is 17.5 Å². The normalized spacial score (nSPS) is 11.3. The molecule has 0 N–H and O–H groups in total. The van der Waals surface area contributed by atoms with Crippen molar-refractivity contribution >= 4 is 17.4 Å². The Morgan fingerprint density at radius 2 is 2.17 bits per heavy atom. The molecule has 7 nitrogen and oxygen atoms in total. The van der Waals surface area contributed by atoms with Crippen molar-refractivity contribution in [2.45, 2.75) is 24.4 Å². The Kier molecular flexibility index (Phi) is 3.58. The van der Waals surface area contributed by atoms with E-state index in [4.69, 9.17) is 4.42 Å². The first-order chi connectivity index (χ1) is 11.3. The third-order valence-corrected chi connectivity index (χ3v) is 4.22. The zero-order chi connectivity index (χ0) is 15.6. The topological polar surface area (TPSA) is 74.0 Å². The summed E-state index contributed by atoms with van der Waals surface area (Å²) in [6.45, 7) is 2.84. The fourth-order valence-corrected chi connectivity index (χ4v) is 2.87. The highest BCUT2D eigenvalue weighted by Crippen LogP contribution is 2.25. The molecule has 116 valence electrons. The van der Waals surface area contributed by atoms with Crippen molar-refractivity contribution < 1.29 is 4.42 Å². The lowest BCUT2D eigenvalue weighted by Crippen LogP contribution is -1.91. The molecule has 0 atom stereocenters. The molecule has 0 bridgehead atoms. The van der Waals surface area contributed by atoms with Crippen LogP contribution in [-0.2, 0) is 12.3 Å². The van der Waals surface area contributed by atoms with Crippen LogP contribution in [0.3, 0.4) is 0 Å². The van der Waals surface area contributed by atoms with Gasteiger partial charge in [0.15, 0.2) is 0 Å². The van der Waals surface area contributed by atoms with Gasteiger partial charge in [0, 0.05) is 30.9 Å². The first-order valence-corrected chi connectivity index (χ1v) is 8.22. The molecule has 4 heterocycles. The number of rotatable bonds is 5. The number of pyridine rings is 1. The third kappa shape index (κ3) is 2.85. The quantitative estimate of drug-likeness (QED) is 0.525. The van der Waals surface area contributed by atoms with E-state index in [1.54, 1.807) is 6.20 Å². The predicted molar refractivity (Wildman–Crippen MR) is 85.9 cm³/mol. The highest BCUT2D eigenvalue weighted by molar-refractivity contribution is 7.98. The van der Waals surface area contributed by atoms with E-state index in [1.165, 1.54) is 11.8 Å². The molecule has 0 fully saturated rings. The van der Waals surface area contributed by atoms with Gasteiger partial charge in [-0.1, -0.05) is 17.8 Å². The zero-order valence-electron chi connectivity index (χ0n) is 12.5. The standard InChI is InChI=1S/C15H14N6OS/c1-2-21-8-11(7-16-21)14-18-19-15(22-14)23-10-12-9-20-6-4-3-5-13(20)17-12/h3-9H,2,10H2,1H3. The average molecular weight is 326 g/mol. The Bertz CT molecular complexity index is 907. The van der Waals surface area contributed by atoms with Crippen LogP contribution in [0.5, 0.6) is 0 Å². The second-order valence-electron chi connectivity index (χ2n) is 4.94. The second kappa shape index (κ2) is 5.88. The van der Waals surface area contributed by atoms with Crippen LogP contribution in [0, 0.1) is 0 Å². The van der Waals surface area contributed by atoms with E-state index in [9.17, 15) is 0 Å². The summed E-state index contributed by atoms with van der Waals surface area (Å²) in [5, 5.41) is 12.9. The predicted octanol–water partition coefficient (Wildman–Crippen LogP) is 2.89. The molecule has 0 aliphatic heterocycles. The van der Waals surface area contributed by atoms with Gasteiger partial charge in [0.1, 0.15) is 5.65 Å².